The van der Waals surface area contributed by atoms with Crippen LogP contribution in [0.5, 0.6) is 0 Å². The maximum absolute atomic E-state index is 5.60. The Morgan fingerprint density at radius 3 is 2.80 bits per heavy atom. The normalized spacial score (nSPS) is 12.8. The Morgan fingerprint density at radius 1 is 1.25 bits per heavy atom. The highest BCUT2D eigenvalue weighted by molar-refractivity contribution is 5.29. The standard InChI is InChI=1S/C16H25N3O/c1-4-9-17-16(13-8-12-20-15(13)6-3)14-7-10-18-19(14)11-5-2/h7-8,10,12,16-17H,4-6,9,11H2,1-3H3. The van der Waals surface area contributed by atoms with Gasteiger partial charge in [0.25, 0.3) is 0 Å². The molecular formula is C16H25N3O. The maximum atomic E-state index is 5.60. The molecule has 2 aromatic heterocycles. The molecule has 0 aromatic carbocycles. The Labute approximate surface area is 121 Å². The molecule has 0 radical (unpaired) electrons. The zero-order chi connectivity index (χ0) is 14.4. The van der Waals surface area contributed by atoms with Crippen molar-refractivity contribution in [1.29, 1.82) is 0 Å². The van der Waals surface area contributed by atoms with Gasteiger partial charge in [-0.05, 0) is 31.5 Å². The van der Waals surface area contributed by atoms with Crippen LogP contribution in [0.4, 0.5) is 0 Å². The summed E-state index contributed by atoms with van der Waals surface area (Å²) in [5.74, 6) is 1.06. The number of hydrogen-bond acceptors (Lipinski definition) is 3. The molecule has 0 aliphatic rings. The number of hydrogen-bond donors (Lipinski definition) is 1. The van der Waals surface area contributed by atoms with E-state index in [9.17, 15) is 0 Å². The van der Waals surface area contributed by atoms with E-state index in [4.69, 9.17) is 4.42 Å². The predicted molar refractivity (Wildman–Crippen MR) is 80.7 cm³/mol. The fourth-order valence-corrected chi connectivity index (χ4v) is 2.54. The molecule has 0 spiro atoms. The van der Waals surface area contributed by atoms with Crippen LogP contribution in [0, 0.1) is 0 Å². The van der Waals surface area contributed by atoms with E-state index < -0.39 is 0 Å². The third-order valence-corrected chi connectivity index (χ3v) is 3.49. The van der Waals surface area contributed by atoms with Crippen molar-refractivity contribution in [3.63, 3.8) is 0 Å². The number of aromatic nitrogens is 2. The highest BCUT2D eigenvalue weighted by Gasteiger charge is 2.21. The summed E-state index contributed by atoms with van der Waals surface area (Å²) >= 11 is 0. The average molecular weight is 275 g/mol. The molecule has 4 nitrogen and oxygen atoms in total. The first kappa shape index (κ1) is 14.9. The van der Waals surface area contributed by atoms with Crippen molar-refractivity contribution >= 4 is 0 Å². The van der Waals surface area contributed by atoms with E-state index >= 15 is 0 Å². The van der Waals surface area contributed by atoms with Gasteiger partial charge in [-0.3, -0.25) is 4.68 Å². The molecular weight excluding hydrogens is 250 g/mol. The van der Waals surface area contributed by atoms with Crippen molar-refractivity contribution in [1.82, 2.24) is 15.1 Å². The molecule has 2 heterocycles. The minimum absolute atomic E-state index is 0.165. The summed E-state index contributed by atoms with van der Waals surface area (Å²) in [6.45, 7) is 8.42. The summed E-state index contributed by atoms with van der Waals surface area (Å²) in [4.78, 5) is 0. The van der Waals surface area contributed by atoms with Crippen LogP contribution >= 0.6 is 0 Å². The molecule has 1 N–H and O–H groups in total. The molecule has 1 unspecified atom stereocenters. The first-order valence-corrected chi connectivity index (χ1v) is 7.63. The van der Waals surface area contributed by atoms with Crippen LogP contribution in [-0.2, 0) is 13.0 Å². The first-order chi connectivity index (χ1) is 9.81. The Bertz CT molecular complexity index is 515. The zero-order valence-electron chi connectivity index (χ0n) is 12.7. The monoisotopic (exact) mass is 275 g/mol. The summed E-state index contributed by atoms with van der Waals surface area (Å²) in [7, 11) is 0. The summed E-state index contributed by atoms with van der Waals surface area (Å²) in [6.07, 6.45) is 6.78. The number of nitrogens with one attached hydrogen (secondary N) is 1. The highest BCUT2D eigenvalue weighted by Crippen LogP contribution is 2.26. The molecule has 0 aliphatic heterocycles. The van der Waals surface area contributed by atoms with Gasteiger partial charge in [-0.15, -0.1) is 0 Å². The fraction of sp³-hybridized carbons (Fsp3) is 0.562. The molecule has 0 amide bonds. The van der Waals surface area contributed by atoms with E-state index in [2.05, 4.69) is 48.0 Å². The number of nitrogens with zero attached hydrogens (tertiary/aromatic N) is 2. The summed E-state index contributed by atoms with van der Waals surface area (Å²) in [5.41, 5.74) is 2.45. The molecule has 2 rings (SSSR count). The second-order valence-electron chi connectivity index (χ2n) is 5.02. The van der Waals surface area contributed by atoms with Crippen LogP contribution in [0.3, 0.4) is 0 Å². The summed E-state index contributed by atoms with van der Waals surface area (Å²) < 4.78 is 7.70. The third-order valence-electron chi connectivity index (χ3n) is 3.49. The number of rotatable bonds is 8. The third kappa shape index (κ3) is 3.12. The second kappa shape index (κ2) is 7.29. The van der Waals surface area contributed by atoms with Gasteiger partial charge in [0.1, 0.15) is 5.76 Å². The van der Waals surface area contributed by atoms with Crippen LogP contribution < -0.4 is 5.32 Å². The van der Waals surface area contributed by atoms with Gasteiger partial charge in [-0.2, -0.15) is 5.10 Å². The fourth-order valence-electron chi connectivity index (χ4n) is 2.54. The predicted octanol–water partition coefficient (Wildman–Crippen LogP) is 3.54. The summed E-state index contributed by atoms with van der Waals surface area (Å²) in [6, 6.07) is 4.35. The number of aryl methyl sites for hydroxylation is 2. The average Bonchev–Trinajstić information content (AvgIpc) is 3.09. The Kier molecular flexibility index (Phi) is 5.41. The minimum atomic E-state index is 0.165. The van der Waals surface area contributed by atoms with Crippen molar-refractivity contribution in [3.8, 4) is 0 Å². The Hall–Kier alpha value is -1.55. The SMILES string of the molecule is CCCNC(c1ccoc1CC)c1ccnn1CCC. The van der Waals surface area contributed by atoms with Crippen LogP contribution in [0.1, 0.15) is 56.7 Å². The molecule has 1 atom stereocenters. The lowest BCUT2D eigenvalue weighted by Gasteiger charge is -2.20. The lowest BCUT2D eigenvalue weighted by Crippen LogP contribution is -2.26. The molecule has 0 saturated carbocycles. The van der Waals surface area contributed by atoms with Gasteiger partial charge in [-0.1, -0.05) is 20.8 Å². The van der Waals surface area contributed by atoms with Crippen LogP contribution in [0.25, 0.3) is 0 Å². The highest BCUT2D eigenvalue weighted by atomic mass is 16.3. The van der Waals surface area contributed by atoms with Crippen molar-refractivity contribution in [2.45, 2.75) is 52.6 Å². The van der Waals surface area contributed by atoms with E-state index in [1.54, 1.807) is 6.26 Å². The first-order valence-electron chi connectivity index (χ1n) is 7.63. The lowest BCUT2D eigenvalue weighted by molar-refractivity contribution is 0.482. The van der Waals surface area contributed by atoms with Crippen LogP contribution in [0.15, 0.2) is 29.0 Å². The van der Waals surface area contributed by atoms with Crippen LogP contribution in [-0.4, -0.2) is 16.3 Å². The van der Waals surface area contributed by atoms with E-state index in [0.717, 1.165) is 38.1 Å². The van der Waals surface area contributed by atoms with E-state index in [0.29, 0.717) is 0 Å². The van der Waals surface area contributed by atoms with E-state index in [1.165, 1.54) is 11.3 Å². The van der Waals surface area contributed by atoms with Gasteiger partial charge in [0.2, 0.25) is 0 Å². The van der Waals surface area contributed by atoms with Gasteiger partial charge >= 0.3 is 0 Å². The lowest BCUT2D eigenvalue weighted by atomic mass is 10.0. The largest absolute Gasteiger partial charge is 0.469 e. The molecule has 20 heavy (non-hydrogen) atoms. The van der Waals surface area contributed by atoms with E-state index in [-0.39, 0.29) is 6.04 Å². The Balaban J connectivity index is 2.34. The van der Waals surface area contributed by atoms with Gasteiger partial charge in [0.15, 0.2) is 0 Å². The zero-order valence-corrected chi connectivity index (χ0v) is 12.7. The molecule has 4 heteroatoms. The Morgan fingerprint density at radius 2 is 2.10 bits per heavy atom. The van der Waals surface area contributed by atoms with Crippen molar-refractivity contribution in [2.75, 3.05) is 6.54 Å². The van der Waals surface area contributed by atoms with E-state index in [1.807, 2.05) is 6.20 Å². The van der Waals surface area contributed by atoms with Gasteiger partial charge < -0.3 is 9.73 Å². The molecule has 110 valence electrons. The number of furan rings is 1. The minimum Gasteiger partial charge on any atom is -0.469 e. The van der Waals surface area contributed by atoms with Gasteiger partial charge in [0, 0.05) is 24.7 Å². The van der Waals surface area contributed by atoms with Crippen molar-refractivity contribution in [3.05, 3.63) is 41.6 Å². The molecule has 0 aliphatic carbocycles. The molecule has 2 aromatic rings. The summed E-state index contributed by atoms with van der Waals surface area (Å²) in [5, 5.41) is 8.07. The smallest absolute Gasteiger partial charge is 0.108 e. The molecule has 0 bridgehead atoms. The van der Waals surface area contributed by atoms with Gasteiger partial charge in [0.05, 0.1) is 18.0 Å². The quantitative estimate of drug-likeness (QED) is 0.801. The van der Waals surface area contributed by atoms with Gasteiger partial charge in [-0.25, -0.2) is 0 Å². The maximum Gasteiger partial charge on any atom is 0.108 e. The topological polar surface area (TPSA) is 43.0 Å². The second-order valence-corrected chi connectivity index (χ2v) is 5.02. The molecule has 0 saturated heterocycles. The van der Waals surface area contributed by atoms with Crippen LogP contribution in [0.2, 0.25) is 0 Å². The van der Waals surface area contributed by atoms with Crippen molar-refractivity contribution in [2.24, 2.45) is 0 Å². The van der Waals surface area contributed by atoms with Crippen molar-refractivity contribution < 1.29 is 4.42 Å². The molecule has 0 fully saturated rings.